The highest BCUT2D eigenvalue weighted by atomic mass is 19.1. The van der Waals surface area contributed by atoms with Crippen molar-refractivity contribution in [1.82, 2.24) is 5.32 Å². The number of rotatable bonds is 2. The number of aryl methyl sites for hydroxylation is 1. The van der Waals surface area contributed by atoms with Gasteiger partial charge >= 0.3 is 0 Å². The zero-order valence-electron chi connectivity index (χ0n) is 8.76. The van der Waals surface area contributed by atoms with Crippen molar-refractivity contribution < 1.29 is 8.78 Å². The van der Waals surface area contributed by atoms with E-state index < -0.39 is 6.17 Å². The first-order valence-electron chi connectivity index (χ1n) is 5.32. The predicted octanol–water partition coefficient (Wildman–Crippen LogP) is 2.90. The predicted molar refractivity (Wildman–Crippen MR) is 56.0 cm³/mol. The van der Waals surface area contributed by atoms with E-state index in [1.165, 1.54) is 12.1 Å². The Balaban J connectivity index is 2.17. The van der Waals surface area contributed by atoms with Gasteiger partial charge in [-0.05, 0) is 43.5 Å². The Morgan fingerprint density at radius 2 is 2.27 bits per heavy atom. The van der Waals surface area contributed by atoms with Gasteiger partial charge in [-0.1, -0.05) is 12.1 Å². The molecule has 15 heavy (non-hydrogen) atoms. The minimum Gasteiger partial charge on any atom is -0.311 e. The van der Waals surface area contributed by atoms with Crippen LogP contribution in [0, 0.1) is 12.7 Å². The van der Waals surface area contributed by atoms with Crippen molar-refractivity contribution in [2.24, 2.45) is 0 Å². The average Bonchev–Trinajstić information content (AvgIpc) is 2.74. The van der Waals surface area contributed by atoms with Crippen molar-refractivity contribution in [3.8, 4) is 0 Å². The van der Waals surface area contributed by atoms with Gasteiger partial charge < -0.3 is 5.32 Å². The molecule has 1 heterocycles. The minimum absolute atomic E-state index is 0.102. The van der Waals surface area contributed by atoms with Gasteiger partial charge in [-0.25, -0.2) is 8.78 Å². The van der Waals surface area contributed by atoms with Crippen molar-refractivity contribution in [2.45, 2.75) is 32.0 Å². The van der Waals surface area contributed by atoms with Crippen LogP contribution in [0.15, 0.2) is 18.2 Å². The van der Waals surface area contributed by atoms with Crippen molar-refractivity contribution in [3.63, 3.8) is 0 Å². The summed E-state index contributed by atoms with van der Waals surface area (Å²) in [4.78, 5) is 0. The first kappa shape index (κ1) is 10.6. The third-order valence-corrected chi connectivity index (χ3v) is 2.95. The topological polar surface area (TPSA) is 12.0 Å². The Bertz CT molecular complexity index is 345. The molecule has 82 valence electrons. The molecule has 0 saturated carbocycles. The first-order chi connectivity index (χ1) is 7.18. The van der Waals surface area contributed by atoms with E-state index in [2.05, 4.69) is 5.32 Å². The van der Waals surface area contributed by atoms with Crippen molar-refractivity contribution in [2.75, 3.05) is 6.54 Å². The van der Waals surface area contributed by atoms with Crippen molar-refractivity contribution >= 4 is 0 Å². The Hall–Kier alpha value is -0.960. The smallest absolute Gasteiger partial charge is 0.140 e. The van der Waals surface area contributed by atoms with E-state index in [9.17, 15) is 8.78 Å². The van der Waals surface area contributed by atoms with Crippen LogP contribution in [0.1, 0.15) is 30.1 Å². The largest absolute Gasteiger partial charge is 0.311 e. The van der Waals surface area contributed by atoms with Gasteiger partial charge in [-0.2, -0.15) is 0 Å². The SMILES string of the molecule is Cc1cc(C(F)C2CCCN2)ccc1F. The molecule has 3 heteroatoms. The van der Waals surface area contributed by atoms with E-state index in [1.54, 1.807) is 13.0 Å². The molecule has 1 fully saturated rings. The molecule has 1 aromatic rings. The van der Waals surface area contributed by atoms with Crippen LogP contribution in [0.2, 0.25) is 0 Å². The molecule has 0 amide bonds. The molecule has 1 aliphatic rings. The standard InChI is InChI=1S/C12H15F2N/c1-8-7-9(4-5-10(8)13)12(14)11-3-2-6-15-11/h4-5,7,11-12,15H,2-3,6H2,1H3. The summed E-state index contributed by atoms with van der Waals surface area (Å²) in [6, 6.07) is 4.37. The van der Waals surface area contributed by atoms with Crippen LogP contribution in [-0.4, -0.2) is 12.6 Å². The second-order valence-corrected chi connectivity index (χ2v) is 4.11. The van der Waals surface area contributed by atoms with Gasteiger partial charge in [0.2, 0.25) is 0 Å². The molecule has 2 unspecified atom stereocenters. The van der Waals surface area contributed by atoms with Gasteiger partial charge in [-0.15, -0.1) is 0 Å². The molecule has 0 radical (unpaired) electrons. The minimum atomic E-state index is -1.02. The summed E-state index contributed by atoms with van der Waals surface area (Å²) in [5.74, 6) is -0.273. The van der Waals surface area contributed by atoms with Gasteiger partial charge in [0.25, 0.3) is 0 Å². The maximum atomic E-state index is 14.0. The molecule has 1 nitrogen and oxygen atoms in total. The highest BCUT2D eigenvalue weighted by Gasteiger charge is 2.25. The van der Waals surface area contributed by atoms with E-state index in [4.69, 9.17) is 0 Å². The normalized spacial score (nSPS) is 23.0. The van der Waals surface area contributed by atoms with Gasteiger partial charge in [0.05, 0.1) is 0 Å². The summed E-state index contributed by atoms with van der Waals surface area (Å²) >= 11 is 0. The monoisotopic (exact) mass is 211 g/mol. The van der Waals surface area contributed by atoms with Gasteiger partial charge in [0, 0.05) is 6.04 Å². The molecular weight excluding hydrogens is 196 g/mol. The zero-order valence-corrected chi connectivity index (χ0v) is 8.76. The van der Waals surface area contributed by atoms with E-state index in [-0.39, 0.29) is 11.9 Å². The van der Waals surface area contributed by atoms with Crippen LogP contribution >= 0.6 is 0 Å². The molecule has 0 bridgehead atoms. The lowest BCUT2D eigenvalue weighted by Gasteiger charge is -2.16. The van der Waals surface area contributed by atoms with E-state index >= 15 is 0 Å². The second-order valence-electron chi connectivity index (χ2n) is 4.11. The highest BCUT2D eigenvalue weighted by molar-refractivity contribution is 5.26. The Labute approximate surface area is 88.5 Å². The molecule has 1 saturated heterocycles. The van der Waals surface area contributed by atoms with Crippen LogP contribution in [-0.2, 0) is 0 Å². The summed E-state index contributed by atoms with van der Waals surface area (Å²) < 4.78 is 27.0. The fourth-order valence-corrected chi connectivity index (χ4v) is 2.03. The number of halogens is 2. The lowest BCUT2D eigenvalue weighted by molar-refractivity contribution is 0.271. The van der Waals surface area contributed by atoms with Crippen LogP contribution < -0.4 is 5.32 Å². The summed E-state index contributed by atoms with van der Waals surface area (Å²) in [5, 5.41) is 3.12. The van der Waals surface area contributed by atoms with Crippen molar-refractivity contribution in [1.29, 1.82) is 0 Å². The fourth-order valence-electron chi connectivity index (χ4n) is 2.03. The summed E-state index contributed by atoms with van der Waals surface area (Å²) in [5.41, 5.74) is 1.08. The average molecular weight is 211 g/mol. The molecule has 1 aliphatic heterocycles. The number of nitrogens with one attached hydrogen (secondary N) is 1. The quantitative estimate of drug-likeness (QED) is 0.793. The van der Waals surface area contributed by atoms with Gasteiger partial charge in [-0.3, -0.25) is 0 Å². The number of benzene rings is 1. The highest BCUT2D eigenvalue weighted by Crippen LogP contribution is 2.27. The van der Waals surface area contributed by atoms with Gasteiger partial charge in [0.1, 0.15) is 12.0 Å². The molecule has 2 atom stereocenters. The molecule has 1 aromatic carbocycles. The maximum absolute atomic E-state index is 14.0. The molecular formula is C12H15F2N. The Kier molecular flexibility index (Phi) is 3.00. The lowest BCUT2D eigenvalue weighted by atomic mass is 10.0. The Morgan fingerprint density at radius 3 is 2.87 bits per heavy atom. The summed E-state index contributed by atoms with van der Waals surface area (Å²) in [7, 11) is 0. The summed E-state index contributed by atoms with van der Waals surface area (Å²) in [6.07, 6.45) is 0.856. The number of alkyl halides is 1. The maximum Gasteiger partial charge on any atom is 0.140 e. The third-order valence-electron chi connectivity index (χ3n) is 2.95. The third kappa shape index (κ3) is 2.17. The number of hydrogen-bond acceptors (Lipinski definition) is 1. The van der Waals surface area contributed by atoms with Crippen LogP contribution in [0.3, 0.4) is 0 Å². The molecule has 0 aliphatic carbocycles. The van der Waals surface area contributed by atoms with Crippen LogP contribution in [0.25, 0.3) is 0 Å². The Morgan fingerprint density at radius 1 is 1.47 bits per heavy atom. The van der Waals surface area contributed by atoms with E-state index in [1.807, 2.05) is 0 Å². The molecule has 0 aromatic heterocycles. The molecule has 0 spiro atoms. The summed E-state index contributed by atoms with van der Waals surface area (Å²) in [6.45, 7) is 2.54. The molecule has 2 rings (SSSR count). The lowest BCUT2D eigenvalue weighted by Crippen LogP contribution is -2.26. The number of hydrogen-bond donors (Lipinski definition) is 1. The molecule has 1 N–H and O–H groups in total. The van der Waals surface area contributed by atoms with Gasteiger partial charge in [0.15, 0.2) is 0 Å². The van der Waals surface area contributed by atoms with Crippen LogP contribution in [0.4, 0.5) is 8.78 Å². The van der Waals surface area contributed by atoms with Crippen LogP contribution in [0.5, 0.6) is 0 Å². The van der Waals surface area contributed by atoms with E-state index in [0.29, 0.717) is 11.1 Å². The van der Waals surface area contributed by atoms with E-state index in [0.717, 1.165) is 19.4 Å². The second kappa shape index (κ2) is 4.27. The zero-order chi connectivity index (χ0) is 10.8. The first-order valence-corrected chi connectivity index (χ1v) is 5.32. The van der Waals surface area contributed by atoms with Crippen molar-refractivity contribution in [3.05, 3.63) is 35.1 Å². The fraction of sp³-hybridized carbons (Fsp3) is 0.500.